The Labute approximate surface area is 172 Å². The maximum atomic E-state index is 10.5. The first-order chi connectivity index (χ1) is 14.1. The van der Waals surface area contributed by atoms with Crippen LogP contribution in [0.5, 0.6) is 0 Å². The monoisotopic (exact) mass is 391 g/mol. The van der Waals surface area contributed by atoms with Gasteiger partial charge in [0.25, 0.3) is 0 Å². The lowest BCUT2D eigenvalue weighted by Gasteiger charge is -2.26. The number of aliphatic hydroxyl groups excluding tert-OH is 1. The Morgan fingerprint density at radius 2 is 1.76 bits per heavy atom. The van der Waals surface area contributed by atoms with Crippen LogP contribution < -0.4 is 0 Å². The molecule has 2 aromatic carbocycles. The van der Waals surface area contributed by atoms with Gasteiger partial charge >= 0.3 is 0 Å². The Balaban J connectivity index is 1.47. The zero-order valence-corrected chi connectivity index (χ0v) is 17.2. The molecule has 0 spiro atoms. The maximum absolute atomic E-state index is 10.5. The van der Waals surface area contributed by atoms with Crippen LogP contribution >= 0.6 is 0 Å². The highest BCUT2D eigenvalue weighted by atomic mass is 16.5. The summed E-state index contributed by atoms with van der Waals surface area (Å²) >= 11 is 0. The van der Waals surface area contributed by atoms with Gasteiger partial charge in [-0.3, -0.25) is 4.90 Å². The second-order valence-electron chi connectivity index (χ2n) is 8.29. The average molecular weight is 392 g/mol. The third-order valence-electron chi connectivity index (χ3n) is 6.03. The average Bonchev–Trinajstić information content (AvgIpc) is 3.39. The second kappa shape index (κ2) is 8.47. The minimum Gasteiger partial charge on any atom is -0.387 e. The molecule has 1 unspecified atom stereocenters. The van der Waals surface area contributed by atoms with Gasteiger partial charge in [-0.25, -0.2) is 0 Å². The summed E-state index contributed by atoms with van der Waals surface area (Å²) in [4.78, 5) is 6.80. The summed E-state index contributed by atoms with van der Waals surface area (Å²) in [6.45, 7) is 3.13. The zero-order chi connectivity index (χ0) is 20.3. The quantitative estimate of drug-likeness (QED) is 0.647. The molecule has 3 aromatic rings. The fourth-order valence-corrected chi connectivity index (χ4v) is 4.38. The van der Waals surface area contributed by atoms with Crippen LogP contribution in [0.1, 0.15) is 60.2 Å². The number of rotatable bonds is 7. The third kappa shape index (κ3) is 4.26. The fraction of sp³-hybridized carbons (Fsp3) is 0.417. The van der Waals surface area contributed by atoms with Crippen molar-refractivity contribution in [2.75, 3.05) is 13.6 Å². The summed E-state index contributed by atoms with van der Waals surface area (Å²) in [5, 5.41) is 14.8. The molecule has 0 radical (unpaired) electrons. The van der Waals surface area contributed by atoms with E-state index in [9.17, 15) is 5.11 Å². The van der Waals surface area contributed by atoms with E-state index in [2.05, 4.69) is 36.3 Å². The standard InChI is InChI=1S/C24H29N3O2/c1-18-10-12-20(13-11-18)24(14-6-7-15-24)23-25-22(29-26-23)17-27(2)16-21(28)19-8-4-3-5-9-19/h3-5,8-13,21,28H,6-7,14-17H2,1-2H3. The van der Waals surface area contributed by atoms with Crippen molar-refractivity contribution in [2.45, 2.75) is 50.7 Å². The van der Waals surface area contributed by atoms with Gasteiger partial charge in [0.2, 0.25) is 5.89 Å². The Kier molecular flexibility index (Phi) is 5.79. The van der Waals surface area contributed by atoms with Gasteiger partial charge in [-0.1, -0.05) is 78.2 Å². The Bertz CT molecular complexity index is 915. The number of aromatic nitrogens is 2. The van der Waals surface area contributed by atoms with E-state index in [0.29, 0.717) is 19.0 Å². The molecule has 0 aliphatic heterocycles. The van der Waals surface area contributed by atoms with Crippen LogP contribution in [0.3, 0.4) is 0 Å². The lowest BCUT2D eigenvalue weighted by Crippen LogP contribution is -2.26. The van der Waals surface area contributed by atoms with Crippen LogP contribution in [0.15, 0.2) is 59.1 Å². The van der Waals surface area contributed by atoms with Crippen molar-refractivity contribution in [2.24, 2.45) is 0 Å². The molecule has 1 saturated carbocycles. The van der Waals surface area contributed by atoms with Gasteiger partial charge in [-0.05, 0) is 37.9 Å². The van der Waals surface area contributed by atoms with Crippen LogP contribution in [-0.2, 0) is 12.0 Å². The van der Waals surface area contributed by atoms with Gasteiger partial charge in [0.15, 0.2) is 5.82 Å². The summed E-state index contributed by atoms with van der Waals surface area (Å²) < 4.78 is 5.62. The molecule has 1 N–H and O–H groups in total. The molecule has 0 amide bonds. The SMILES string of the molecule is Cc1ccc(C2(c3noc(CN(C)CC(O)c4ccccc4)n3)CCCC2)cc1. The molecule has 1 aliphatic rings. The molecule has 29 heavy (non-hydrogen) atoms. The lowest BCUT2D eigenvalue weighted by atomic mass is 9.78. The lowest BCUT2D eigenvalue weighted by molar-refractivity contribution is 0.118. The predicted octanol–water partition coefficient (Wildman–Crippen LogP) is 4.40. The van der Waals surface area contributed by atoms with Crippen LogP contribution in [0.25, 0.3) is 0 Å². The van der Waals surface area contributed by atoms with E-state index >= 15 is 0 Å². The van der Waals surface area contributed by atoms with E-state index in [1.165, 1.54) is 24.0 Å². The van der Waals surface area contributed by atoms with Crippen LogP contribution in [0.4, 0.5) is 0 Å². The summed E-state index contributed by atoms with van der Waals surface area (Å²) in [6.07, 6.45) is 3.93. The molecule has 1 atom stereocenters. The van der Waals surface area contributed by atoms with E-state index in [-0.39, 0.29) is 5.41 Å². The minimum atomic E-state index is -0.544. The molecular formula is C24H29N3O2. The summed E-state index contributed by atoms with van der Waals surface area (Å²) in [7, 11) is 1.96. The van der Waals surface area contributed by atoms with Gasteiger partial charge < -0.3 is 9.63 Å². The Morgan fingerprint density at radius 3 is 2.45 bits per heavy atom. The summed E-state index contributed by atoms with van der Waals surface area (Å²) in [6, 6.07) is 18.4. The number of nitrogens with zero attached hydrogens (tertiary/aromatic N) is 3. The third-order valence-corrected chi connectivity index (χ3v) is 6.03. The van der Waals surface area contributed by atoms with Gasteiger partial charge in [-0.2, -0.15) is 4.98 Å². The molecule has 0 bridgehead atoms. The molecule has 0 saturated heterocycles. The van der Waals surface area contributed by atoms with E-state index in [1.54, 1.807) is 0 Å². The van der Waals surface area contributed by atoms with Crippen LogP contribution in [0, 0.1) is 6.92 Å². The first kappa shape index (κ1) is 19.8. The largest absolute Gasteiger partial charge is 0.387 e. The Hall–Kier alpha value is -2.50. The first-order valence-electron chi connectivity index (χ1n) is 10.4. The van der Waals surface area contributed by atoms with Gasteiger partial charge in [0.05, 0.1) is 18.1 Å². The van der Waals surface area contributed by atoms with Crippen molar-refractivity contribution in [3.05, 3.63) is 83.0 Å². The molecule has 5 nitrogen and oxygen atoms in total. The first-order valence-corrected chi connectivity index (χ1v) is 10.4. The van der Waals surface area contributed by atoms with Crippen molar-refractivity contribution < 1.29 is 9.63 Å². The molecule has 1 aromatic heterocycles. The van der Waals surface area contributed by atoms with Crippen molar-refractivity contribution in [1.82, 2.24) is 15.0 Å². The van der Waals surface area contributed by atoms with Crippen molar-refractivity contribution in [3.63, 3.8) is 0 Å². The van der Waals surface area contributed by atoms with E-state index in [0.717, 1.165) is 24.2 Å². The highest BCUT2D eigenvalue weighted by Gasteiger charge is 2.41. The number of likely N-dealkylation sites (N-methyl/N-ethyl adjacent to an activating group) is 1. The van der Waals surface area contributed by atoms with Crippen LogP contribution in [0.2, 0.25) is 0 Å². The number of hydrogen-bond acceptors (Lipinski definition) is 5. The molecular weight excluding hydrogens is 362 g/mol. The van der Waals surface area contributed by atoms with E-state index in [1.807, 2.05) is 42.3 Å². The molecule has 152 valence electrons. The minimum absolute atomic E-state index is 0.141. The number of aliphatic hydroxyl groups is 1. The van der Waals surface area contributed by atoms with Crippen molar-refractivity contribution >= 4 is 0 Å². The second-order valence-corrected chi connectivity index (χ2v) is 8.29. The summed E-state index contributed by atoms with van der Waals surface area (Å²) in [5.41, 5.74) is 3.31. The molecule has 4 rings (SSSR count). The topological polar surface area (TPSA) is 62.4 Å². The molecule has 1 heterocycles. The predicted molar refractivity (Wildman–Crippen MR) is 112 cm³/mol. The van der Waals surface area contributed by atoms with Crippen molar-refractivity contribution in [1.29, 1.82) is 0 Å². The zero-order valence-electron chi connectivity index (χ0n) is 17.2. The molecule has 1 aliphatic carbocycles. The highest BCUT2D eigenvalue weighted by molar-refractivity contribution is 5.35. The van der Waals surface area contributed by atoms with Gasteiger partial charge in [-0.15, -0.1) is 0 Å². The Morgan fingerprint density at radius 1 is 1.07 bits per heavy atom. The van der Waals surface area contributed by atoms with E-state index in [4.69, 9.17) is 9.51 Å². The highest BCUT2D eigenvalue weighted by Crippen LogP contribution is 2.45. The number of benzene rings is 2. The smallest absolute Gasteiger partial charge is 0.240 e. The fourth-order valence-electron chi connectivity index (χ4n) is 4.38. The van der Waals surface area contributed by atoms with Gasteiger partial charge in [0.1, 0.15) is 0 Å². The van der Waals surface area contributed by atoms with Gasteiger partial charge in [0, 0.05) is 6.54 Å². The maximum Gasteiger partial charge on any atom is 0.240 e. The van der Waals surface area contributed by atoms with Crippen LogP contribution in [-0.4, -0.2) is 33.7 Å². The normalized spacial score (nSPS) is 17.0. The molecule has 1 fully saturated rings. The summed E-state index contributed by atoms with van der Waals surface area (Å²) in [5.74, 6) is 1.40. The number of hydrogen-bond donors (Lipinski definition) is 1. The number of aryl methyl sites for hydroxylation is 1. The van der Waals surface area contributed by atoms with Crippen molar-refractivity contribution in [3.8, 4) is 0 Å². The molecule has 5 heteroatoms. The van der Waals surface area contributed by atoms with E-state index < -0.39 is 6.10 Å².